The van der Waals surface area contributed by atoms with Crippen molar-refractivity contribution >= 4 is 5.91 Å². The molecule has 2 aliphatic heterocycles. The molecule has 6 heteroatoms. The van der Waals surface area contributed by atoms with Crippen LogP contribution in [0.2, 0.25) is 0 Å². The second-order valence-electron chi connectivity index (χ2n) is 10.5. The van der Waals surface area contributed by atoms with Crippen molar-refractivity contribution in [3.8, 4) is 17.2 Å². The standard InChI is InChI=1S/C33H40N2O4/c1-37-31-17-16-28-29(32(31)38-2)18-22-35(24-30(28)25-10-5-3-6-11-25)33(36)26-12-14-27(15-13-26)39-23-9-21-34-19-7-4-8-20-34/h3,5-6,10-17,30H,4,7-9,18-24H2,1-2H3. The number of piperidine rings is 1. The normalized spacial score (nSPS) is 17.7. The van der Waals surface area contributed by atoms with Gasteiger partial charge in [0.15, 0.2) is 11.5 Å². The topological polar surface area (TPSA) is 51.2 Å². The molecule has 0 radical (unpaired) electrons. The van der Waals surface area contributed by atoms with Gasteiger partial charge in [0, 0.05) is 36.7 Å². The molecule has 3 aromatic carbocycles. The molecule has 1 unspecified atom stereocenters. The van der Waals surface area contributed by atoms with E-state index in [9.17, 15) is 4.79 Å². The van der Waals surface area contributed by atoms with Gasteiger partial charge in [-0.15, -0.1) is 0 Å². The first-order chi connectivity index (χ1) is 19.2. The number of likely N-dealkylation sites (tertiary alicyclic amines) is 1. The SMILES string of the molecule is COc1ccc2c(c1OC)CCN(C(=O)c1ccc(OCCCN3CCCCC3)cc1)CC2c1ccccc1. The van der Waals surface area contributed by atoms with Crippen molar-refractivity contribution in [3.05, 3.63) is 89.0 Å². The molecule has 2 heterocycles. The van der Waals surface area contributed by atoms with E-state index < -0.39 is 0 Å². The predicted molar refractivity (Wildman–Crippen MR) is 154 cm³/mol. The molecule has 1 atom stereocenters. The maximum absolute atomic E-state index is 13.7. The molecular weight excluding hydrogens is 488 g/mol. The quantitative estimate of drug-likeness (QED) is 0.329. The average Bonchev–Trinajstić information content (AvgIpc) is 3.20. The van der Waals surface area contributed by atoms with Crippen LogP contribution in [0.4, 0.5) is 0 Å². The number of hydrogen-bond donors (Lipinski definition) is 0. The second-order valence-corrected chi connectivity index (χ2v) is 10.5. The van der Waals surface area contributed by atoms with Gasteiger partial charge in [-0.25, -0.2) is 0 Å². The molecule has 2 aliphatic rings. The lowest BCUT2D eigenvalue weighted by Crippen LogP contribution is -2.35. The lowest BCUT2D eigenvalue weighted by Gasteiger charge is -2.26. The number of nitrogens with zero attached hydrogens (tertiary/aromatic N) is 2. The Hall–Kier alpha value is -3.51. The van der Waals surface area contributed by atoms with Crippen LogP contribution >= 0.6 is 0 Å². The van der Waals surface area contributed by atoms with Gasteiger partial charge in [0.2, 0.25) is 0 Å². The highest BCUT2D eigenvalue weighted by Crippen LogP contribution is 2.41. The monoisotopic (exact) mass is 528 g/mol. The summed E-state index contributed by atoms with van der Waals surface area (Å²) in [6, 6.07) is 22.1. The van der Waals surface area contributed by atoms with Crippen LogP contribution in [0.1, 0.15) is 58.6 Å². The van der Waals surface area contributed by atoms with Crippen LogP contribution in [0.3, 0.4) is 0 Å². The van der Waals surface area contributed by atoms with E-state index in [1.54, 1.807) is 14.2 Å². The smallest absolute Gasteiger partial charge is 0.253 e. The van der Waals surface area contributed by atoms with E-state index in [-0.39, 0.29) is 11.8 Å². The molecule has 1 amide bonds. The zero-order valence-corrected chi connectivity index (χ0v) is 23.2. The molecule has 0 saturated carbocycles. The van der Waals surface area contributed by atoms with Gasteiger partial charge in [0.05, 0.1) is 20.8 Å². The van der Waals surface area contributed by atoms with E-state index in [2.05, 4.69) is 35.2 Å². The van der Waals surface area contributed by atoms with Crippen LogP contribution in [0.5, 0.6) is 17.2 Å². The van der Waals surface area contributed by atoms with Crippen LogP contribution < -0.4 is 14.2 Å². The highest BCUT2D eigenvalue weighted by molar-refractivity contribution is 5.94. The zero-order chi connectivity index (χ0) is 27.0. The van der Waals surface area contributed by atoms with Crippen LogP contribution in [-0.4, -0.2) is 69.3 Å². The molecule has 0 spiro atoms. The number of rotatable bonds is 9. The summed E-state index contributed by atoms with van der Waals surface area (Å²) >= 11 is 0. The Morgan fingerprint density at radius 1 is 0.872 bits per heavy atom. The highest BCUT2D eigenvalue weighted by atomic mass is 16.5. The minimum absolute atomic E-state index is 0.0336. The van der Waals surface area contributed by atoms with Crippen LogP contribution in [0.25, 0.3) is 0 Å². The number of ether oxygens (including phenoxy) is 3. The van der Waals surface area contributed by atoms with E-state index in [4.69, 9.17) is 14.2 Å². The van der Waals surface area contributed by atoms with Crippen LogP contribution in [0, 0.1) is 0 Å². The average molecular weight is 529 g/mol. The number of hydrogen-bond acceptors (Lipinski definition) is 5. The number of amides is 1. The fraction of sp³-hybridized carbons (Fsp3) is 0.424. The Kier molecular flexibility index (Phi) is 9.04. The molecule has 39 heavy (non-hydrogen) atoms. The van der Waals surface area contributed by atoms with E-state index >= 15 is 0 Å². The number of carbonyl (C=O) groups excluding carboxylic acids is 1. The highest BCUT2D eigenvalue weighted by Gasteiger charge is 2.30. The Morgan fingerprint density at radius 3 is 2.36 bits per heavy atom. The van der Waals surface area contributed by atoms with Gasteiger partial charge in [-0.3, -0.25) is 4.79 Å². The van der Waals surface area contributed by atoms with Crippen LogP contribution in [-0.2, 0) is 6.42 Å². The van der Waals surface area contributed by atoms with Gasteiger partial charge in [0.1, 0.15) is 5.75 Å². The predicted octanol–water partition coefficient (Wildman–Crippen LogP) is 5.79. The van der Waals surface area contributed by atoms with Gasteiger partial charge >= 0.3 is 0 Å². The van der Waals surface area contributed by atoms with Gasteiger partial charge in [0.25, 0.3) is 5.91 Å². The van der Waals surface area contributed by atoms with Gasteiger partial charge < -0.3 is 24.0 Å². The molecule has 1 fully saturated rings. The van der Waals surface area contributed by atoms with Crippen molar-refractivity contribution < 1.29 is 19.0 Å². The van der Waals surface area contributed by atoms with Crippen molar-refractivity contribution in [1.29, 1.82) is 0 Å². The molecular formula is C33H40N2O4. The van der Waals surface area contributed by atoms with E-state index in [0.29, 0.717) is 37.4 Å². The first-order valence-corrected chi connectivity index (χ1v) is 14.2. The molecule has 6 nitrogen and oxygen atoms in total. The lowest BCUT2D eigenvalue weighted by molar-refractivity contribution is 0.0756. The molecule has 0 bridgehead atoms. The zero-order valence-electron chi connectivity index (χ0n) is 23.2. The number of fused-ring (bicyclic) bond motifs is 1. The van der Waals surface area contributed by atoms with Crippen molar-refractivity contribution in [1.82, 2.24) is 9.80 Å². The fourth-order valence-corrected chi connectivity index (χ4v) is 5.94. The number of methoxy groups -OCH3 is 2. The lowest BCUT2D eigenvalue weighted by atomic mass is 9.87. The third-order valence-corrected chi connectivity index (χ3v) is 8.02. The van der Waals surface area contributed by atoms with Gasteiger partial charge in [-0.05, 0) is 80.2 Å². The Balaban J connectivity index is 1.28. The Morgan fingerprint density at radius 2 is 1.64 bits per heavy atom. The summed E-state index contributed by atoms with van der Waals surface area (Å²) in [4.78, 5) is 18.2. The Labute approximate surface area is 232 Å². The fourth-order valence-electron chi connectivity index (χ4n) is 5.94. The van der Waals surface area contributed by atoms with Gasteiger partial charge in [-0.2, -0.15) is 0 Å². The minimum Gasteiger partial charge on any atom is -0.494 e. The van der Waals surface area contributed by atoms with Crippen molar-refractivity contribution in [2.24, 2.45) is 0 Å². The first kappa shape index (κ1) is 27.1. The summed E-state index contributed by atoms with van der Waals surface area (Å²) in [7, 11) is 3.34. The Bertz CT molecular complexity index is 1220. The molecule has 0 aromatic heterocycles. The summed E-state index contributed by atoms with van der Waals surface area (Å²) in [6.07, 6.45) is 5.70. The first-order valence-electron chi connectivity index (χ1n) is 14.2. The third kappa shape index (κ3) is 6.39. The largest absolute Gasteiger partial charge is 0.494 e. The van der Waals surface area contributed by atoms with Gasteiger partial charge in [-0.1, -0.05) is 42.8 Å². The third-order valence-electron chi connectivity index (χ3n) is 8.02. The molecule has 0 aliphatic carbocycles. The summed E-state index contributed by atoms with van der Waals surface area (Å²) in [6.45, 7) is 5.41. The molecule has 5 rings (SSSR count). The van der Waals surface area contributed by atoms with Crippen molar-refractivity contribution in [3.63, 3.8) is 0 Å². The van der Waals surface area contributed by atoms with Crippen molar-refractivity contribution in [2.75, 3.05) is 53.6 Å². The minimum atomic E-state index is 0.0336. The van der Waals surface area contributed by atoms with E-state index in [0.717, 1.165) is 30.0 Å². The van der Waals surface area contributed by atoms with Crippen molar-refractivity contribution in [2.45, 2.75) is 38.0 Å². The number of benzene rings is 3. The van der Waals surface area contributed by atoms with Crippen LogP contribution in [0.15, 0.2) is 66.7 Å². The summed E-state index contributed by atoms with van der Waals surface area (Å²) in [5.74, 6) is 2.36. The summed E-state index contributed by atoms with van der Waals surface area (Å²) in [5, 5.41) is 0. The van der Waals surface area contributed by atoms with E-state index in [1.807, 2.05) is 41.3 Å². The summed E-state index contributed by atoms with van der Waals surface area (Å²) < 4.78 is 17.4. The van der Waals surface area contributed by atoms with E-state index in [1.165, 1.54) is 43.5 Å². The number of carbonyl (C=O) groups is 1. The maximum Gasteiger partial charge on any atom is 0.253 e. The maximum atomic E-state index is 13.7. The molecule has 0 N–H and O–H groups in total. The second kappa shape index (κ2) is 13.0. The molecule has 1 saturated heterocycles. The molecule has 206 valence electrons. The molecule has 3 aromatic rings. The summed E-state index contributed by atoms with van der Waals surface area (Å²) in [5.41, 5.74) is 4.15.